The third-order valence-electron chi connectivity index (χ3n) is 4.19. The van der Waals surface area contributed by atoms with Crippen LogP contribution in [0.3, 0.4) is 0 Å². The Morgan fingerprint density at radius 1 is 1.52 bits per heavy atom. The maximum atomic E-state index is 10.7. The zero-order valence-corrected chi connectivity index (χ0v) is 15.0. The van der Waals surface area contributed by atoms with Crippen LogP contribution >= 0.6 is 11.6 Å². The van der Waals surface area contributed by atoms with Crippen LogP contribution in [0.4, 0.5) is 0 Å². The van der Waals surface area contributed by atoms with E-state index in [-0.39, 0.29) is 23.3 Å². The Hall–Kier alpha value is -0.693. The highest BCUT2D eigenvalue weighted by atomic mass is 35.5. The highest BCUT2D eigenvalue weighted by Crippen LogP contribution is 2.37. The van der Waals surface area contributed by atoms with Crippen molar-refractivity contribution in [2.24, 2.45) is 5.92 Å². The summed E-state index contributed by atoms with van der Waals surface area (Å²) in [6.07, 6.45) is 2.47. The second kappa shape index (κ2) is 6.60. The Morgan fingerprint density at radius 2 is 2.10 bits per heavy atom. The third-order valence-corrected chi connectivity index (χ3v) is 9.08. The van der Waals surface area contributed by atoms with Gasteiger partial charge in [0.1, 0.15) is 0 Å². The molecule has 0 fully saturated rings. The molecule has 0 bridgehead atoms. The Balaban J connectivity index is 2.55. The Labute approximate surface area is 131 Å². The first kappa shape index (κ1) is 18.4. The summed E-state index contributed by atoms with van der Waals surface area (Å²) in [5, 5.41) is 21.3. The van der Waals surface area contributed by atoms with E-state index in [0.717, 1.165) is 0 Å². The van der Waals surface area contributed by atoms with Gasteiger partial charge in [-0.3, -0.25) is 10.1 Å². The highest BCUT2D eigenvalue weighted by molar-refractivity contribution is 6.74. The molecule has 0 aliphatic heterocycles. The molecular formula is C14H24ClNO4Si. The topological polar surface area (TPSA) is 72.6 Å². The van der Waals surface area contributed by atoms with Gasteiger partial charge in [-0.15, -0.1) is 0 Å². The molecule has 1 aliphatic carbocycles. The fourth-order valence-electron chi connectivity index (χ4n) is 1.76. The summed E-state index contributed by atoms with van der Waals surface area (Å²) >= 11 is 5.99. The normalized spacial score (nSPS) is 21.0. The molecule has 1 rings (SSSR count). The predicted octanol–water partition coefficient (Wildman–Crippen LogP) is 3.67. The molecule has 5 nitrogen and oxygen atoms in total. The molecule has 0 aromatic carbocycles. The lowest BCUT2D eigenvalue weighted by Gasteiger charge is -2.36. The van der Waals surface area contributed by atoms with Crippen LogP contribution in [0, 0.1) is 16.0 Å². The van der Waals surface area contributed by atoms with Crippen LogP contribution in [0.5, 0.6) is 0 Å². The molecule has 0 saturated heterocycles. The lowest BCUT2D eigenvalue weighted by atomic mass is 10.0. The number of hydrogen-bond donors (Lipinski definition) is 1. The van der Waals surface area contributed by atoms with Crippen LogP contribution in [-0.4, -0.2) is 31.1 Å². The van der Waals surface area contributed by atoms with E-state index in [1.807, 2.05) is 0 Å². The van der Waals surface area contributed by atoms with Crippen molar-refractivity contribution in [1.29, 1.82) is 0 Å². The summed E-state index contributed by atoms with van der Waals surface area (Å²) in [6.45, 7) is 10.9. The highest BCUT2D eigenvalue weighted by Gasteiger charge is 2.37. The number of allylic oxidation sites excluding steroid dienone is 3. The summed E-state index contributed by atoms with van der Waals surface area (Å²) in [5.41, 5.74) is -0.0116. The second-order valence-corrected chi connectivity index (χ2v) is 12.2. The number of nitrogens with zero attached hydrogens (tertiary/aromatic N) is 1. The maximum Gasteiger partial charge on any atom is 0.267 e. The van der Waals surface area contributed by atoms with E-state index >= 15 is 0 Å². The SMILES string of the molecule is CC(C)(C)[Si](C)(C)OC[C@@H](O)CC1C=C([N+](=O)[O-])C=C1Cl. The van der Waals surface area contributed by atoms with Crippen molar-refractivity contribution in [1.82, 2.24) is 0 Å². The van der Waals surface area contributed by atoms with E-state index in [1.54, 1.807) is 0 Å². The van der Waals surface area contributed by atoms with Gasteiger partial charge in [-0.05, 0) is 24.6 Å². The molecule has 1 unspecified atom stereocenters. The summed E-state index contributed by atoms with van der Waals surface area (Å²) < 4.78 is 5.95. The number of hydrogen-bond acceptors (Lipinski definition) is 4. The Kier molecular flexibility index (Phi) is 5.77. The minimum Gasteiger partial charge on any atom is -0.414 e. The minimum absolute atomic E-state index is 0.0116. The fraction of sp³-hybridized carbons (Fsp3) is 0.714. The van der Waals surface area contributed by atoms with Gasteiger partial charge in [0.25, 0.3) is 5.70 Å². The molecule has 0 spiro atoms. The number of aliphatic hydroxyl groups is 1. The van der Waals surface area contributed by atoms with Gasteiger partial charge >= 0.3 is 0 Å². The zero-order valence-electron chi connectivity index (χ0n) is 13.2. The largest absolute Gasteiger partial charge is 0.414 e. The first-order valence-electron chi connectivity index (χ1n) is 6.99. The van der Waals surface area contributed by atoms with Gasteiger partial charge in [0.2, 0.25) is 0 Å². The van der Waals surface area contributed by atoms with Crippen molar-refractivity contribution in [2.45, 2.75) is 51.4 Å². The van der Waals surface area contributed by atoms with Crippen molar-refractivity contribution < 1.29 is 14.5 Å². The molecule has 1 aliphatic rings. The van der Waals surface area contributed by atoms with E-state index in [0.29, 0.717) is 11.5 Å². The zero-order chi connectivity index (χ0) is 16.4. The molecule has 0 aromatic heterocycles. The van der Waals surface area contributed by atoms with Gasteiger partial charge in [-0.1, -0.05) is 32.4 Å². The minimum atomic E-state index is -1.90. The molecule has 21 heavy (non-hydrogen) atoms. The van der Waals surface area contributed by atoms with Crippen LogP contribution in [0.25, 0.3) is 0 Å². The summed E-state index contributed by atoms with van der Waals surface area (Å²) in [7, 11) is -1.90. The number of nitro groups is 1. The van der Waals surface area contributed by atoms with E-state index in [9.17, 15) is 15.2 Å². The van der Waals surface area contributed by atoms with Gasteiger partial charge in [-0.2, -0.15) is 0 Å². The molecule has 0 heterocycles. The second-order valence-electron chi connectivity index (χ2n) is 6.95. The smallest absolute Gasteiger partial charge is 0.267 e. The maximum absolute atomic E-state index is 10.7. The average Bonchev–Trinajstić information content (AvgIpc) is 2.67. The van der Waals surface area contributed by atoms with Crippen molar-refractivity contribution in [3.8, 4) is 0 Å². The average molecular weight is 334 g/mol. The van der Waals surface area contributed by atoms with Crippen LogP contribution in [0.15, 0.2) is 22.9 Å². The van der Waals surface area contributed by atoms with E-state index in [1.165, 1.54) is 12.2 Å². The number of aliphatic hydroxyl groups excluding tert-OH is 1. The Morgan fingerprint density at radius 3 is 2.52 bits per heavy atom. The third kappa shape index (κ3) is 4.91. The number of halogens is 1. The molecule has 1 N–H and O–H groups in total. The monoisotopic (exact) mass is 333 g/mol. The molecule has 0 saturated carbocycles. The molecule has 2 atom stereocenters. The van der Waals surface area contributed by atoms with Crippen molar-refractivity contribution >= 4 is 19.9 Å². The lowest BCUT2D eigenvalue weighted by Crippen LogP contribution is -2.42. The predicted molar refractivity (Wildman–Crippen MR) is 86.3 cm³/mol. The van der Waals surface area contributed by atoms with Gasteiger partial charge in [-0.25, -0.2) is 0 Å². The van der Waals surface area contributed by atoms with Gasteiger partial charge in [0, 0.05) is 23.1 Å². The molecule has 0 aromatic rings. The summed E-state index contributed by atoms with van der Waals surface area (Å²) in [6, 6.07) is 0. The van der Waals surface area contributed by atoms with Gasteiger partial charge < -0.3 is 9.53 Å². The molecule has 7 heteroatoms. The molecular weight excluding hydrogens is 310 g/mol. The van der Waals surface area contributed by atoms with E-state index in [4.69, 9.17) is 16.0 Å². The summed E-state index contributed by atoms with van der Waals surface area (Å²) in [5.74, 6) is -0.301. The summed E-state index contributed by atoms with van der Waals surface area (Å²) in [4.78, 5) is 10.2. The first-order chi connectivity index (χ1) is 9.44. The van der Waals surface area contributed by atoms with E-state index < -0.39 is 19.3 Å². The van der Waals surface area contributed by atoms with Crippen LogP contribution in [0.1, 0.15) is 27.2 Å². The van der Waals surface area contributed by atoms with Gasteiger partial charge in [0.15, 0.2) is 8.32 Å². The Bertz CT molecular complexity index is 468. The van der Waals surface area contributed by atoms with Crippen molar-refractivity contribution in [2.75, 3.05) is 6.61 Å². The van der Waals surface area contributed by atoms with Gasteiger partial charge in [0.05, 0.1) is 17.6 Å². The van der Waals surface area contributed by atoms with Crippen LogP contribution in [0.2, 0.25) is 18.1 Å². The van der Waals surface area contributed by atoms with E-state index in [2.05, 4.69) is 33.9 Å². The van der Waals surface area contributed by atoms with Crippen LogP contribution < -0.4 is 0 Å². The molecule has 0 amide bonds. The first-order valence-corrected chi connectivity index (χ1v) is 10.3. The standard InChI is InChI=1S/C14H24ClNO4Si/c1-14(2,3)21(4,5)20-9-12(17)7-10-6-11(16(18)19)8-13(10)15/h6,8,10,12,17H,7,9H2,1-5H3/t10?,12-/m0/s1. The van der Waals surface area contributed by atoms with Crippen molar-refractivity contribution in [3.05, 3.63) is 33.0 Å². The number of rotatable bonds is 6. The molecule has 120 valence electrons. The lowest BCUT2D eigenvalue weighted by molar-refractivity contribution is -0.418. The molecule has 0 radical (unpaired) electrons. The van der Waals surface area contributed by atoms with Crippen molar-refractivity contribution in [3.63, 3.8) is 0 Å². The quantitative estimate of drug-likeness (QED) is 0.457. The van der Waals surface area contributed by atoms with Crippen LogP contribution in [-0.2, 0) is 4.43 Å². The fourth-order valence-corrected chi connectivity index (χ4v) is 3.06.